The molecule has 1 aromatic heterocycles. The summed E-state index contributed by atoms with van der Waals surface area (Å²) in [7, 11) is 1.64. The van der Waals surface area contributed by atoms with Gasteiger partial charge in [-0.2, -0.15) is 0 Å². The van der Waals surface area contributed by atoms with Crippen molar-refractivity contribution in [3.63, 3.8) is 0 Å². The minimum Gasteiger partial charge on any atom is -0.495 e. The molecule has 1 unspecified atom stereocenters. The van der Waals surface area contributed by atoms with E-state index in [4.69, 9.17) is 4.74 Å². The van der Waals surface area contributed by atoms with E-state index in [1.165, 1.54) is 16.9 Å². The molecule has 25 heavy (non-hydrogen) atoms. The quantitative estimate of drug-likeness (QED) is 0.837. The van der Waals surface area contributed by atoms with Gasteiger partial charge in [-0.1, -0.05) is 0 Å². The van der Waals surface area contributed by atoms with Gasteiger partial charge in [0.2, 0.25) is 5.91 Å². The summed E-state index contributed by atoms with van der Waals surface area (Å²) in [4.78, 5) is 29.9. The number of piperidine rings is 1. The lowest BCUT2D eigenvalue weighted by Crippen LogP contribution is -2.46. The minimum atomic E-state index is -0.130. The maximum absolute atomic E-state index is 13.3. The molecule has 2 amide bonds. The summed E-state index contributed by atoms with van der Waals surface area (Å²) in [6, 6.07) is 0.0887. The van der Waals surface area contributed by atoms with Crippen LogP contribution in [0.1, 0.15) is 58.6 Å². The van der Waals surface area contributed by atoms with Crippen LogP contribution in [0.3, 0.4) is 0 Å². The van der Waals surface area contributed by atoms with Crippen molar-refractivity contribution in [2.45, 2.75) is 57.4 Å². The first-order valence-corrected chi connectivity index (χ1v) is 10.3. The van der Waals surface area contributed by atoms with Crippen LogP contribution in [0.25, 0.3) is 0 Å². The highest BCUT2D eigenvalue weighted by Crippen LogP contribution is 2.42. The molecule has 2 heterocycles. The van der Waals surface area contributed by atoms with E-state index < -0.39 is 0 Å². The smallest absolute Gasteiger partial charge is 0.274 e. The number of carbonyl (C=O) groups is 2. The molecule has 2 aliphatic carbocycles. The van der Waals surface area contributed by atoms with Gasteiger partial charge in [-0.05, 0) is 57.9 Å². The van der Waals surface area contributed by atoms with E-state index in [0.717, 1.165) is 57.2 Å². The first-order chi connectivity index (χ1) is 12.2. The Morgan fingerprint density at radius 3 is 2.64 bits per heavy atom. The van der Waals surface area contributed by atoms with Crippen molar-refractivity contribution in [3.05, 3.63) is 15.3 Å². The number of aryl methyl sites for hydroxylation is 1. The first kappa shape index (κ1) is 17.0. The van der Waals surface area contributed by atoms with Crippen LogP contribution in [0.5, 0.6) is 5.75 Å². The van der Waals surface area contributed by atoms with Gasteiger partial charge in [0.15, 0.2) is 0 Å². The second kappa shape index (κ2) is 7.08. The summed E-state index contributed by atoms with van der Waals surface area (Å²) in [5.74, 6) is 0.534. The maximum Gasteiger partial charge on any atom is 0.274 e. The van der Waals surface area contributed by atoms with Crippen molar-refractivity contribution in [1.29, 1.82) is 0 Å². The first-order valence-electron chi connectivity index (χ1n) is 9.47. The lowest BCUT2D eigenvalue weighted by molar-refractivity contribution is -0.133. The van der Waals surface area contributed by atoms with Crippen LogP contribution in [0.15, 0.2) is 0 Å². The highest BCUT2D eigenvalue weighted by molar-refractivity contribution is 7.14. The fourth-order valence-electron chi connectivity index (χ4n) is 4.04. The highest BCUT2D eigenvalue weighted by atomic mass is 32.1. The molecule has 0 spiro atoms. The highest BCUT2D eigenvalue weighted by Gasteiger charge is 2.42. The summed E-state index contributed by atoms with van der Waals surface area (Å²) in [6.45, 7) is 1.65. The molecule has 0 bridgehead atoms. The number of thiophene rings is 1. The topological polar surface area (TPSA) is 58.6 Å². The van der Waals surface area contributed by atoms with Crippen LogP contribution in [-0.4, -0.2) is 43.0 Å². The molecule has 1 atom stereocenters. The normalized spacial score (nSPS) is 23.0. The zero-order valence-electron chi connectivity index (χ0n) is 14.8. The number of nitrogens with zero attached hydrogens (tertiary/aromatic N) is 1. The SMILES string of the molecule is COc1c(C(=O)N(C(=O)C2CCCNC2)C2CC2)sc2c1CCCC2. The Labute approximate surface area is 152 Å². The molecule has 3 aliphatic rings. The number of ether oxygens (including phenoxy) is 1. The van der Waals surface area contributed by atoms with Crippen LogP contribution in [-0.2, 0) is 17.6 Å². The van der Waals surface area contributed by atoms with Gasteiger partial charge in [0.25, 0.3) is 5.91 Å². The third kappa shape index (κ3) is 3.22. The number of hydrogen-bond acceptors (Lipinski definition) is 5. The summed E-state index contributed by atoms with van der Waals surface area (Å²) in [5.41, 5.74) is 1.20. The fourth-order valence-corrected chi connectivity index (χ4v) is 5.34. The van der Waals surface area contributed by atoms with Gasteiger partial charge in [-0.25, -0.2) is 0 Å². The van der Waals surface area contributed by atoms with Crippen molar-refractivity contribution >= 4 is 23.2 Å². The average Bonchev–Trinajstić information content (AvgIpc) is 3.41. The van der Waals surface area contributed by atoms with Crippen molar-refractivity contribution < 1.29 is 14.3 Å². The predicted octanol–water partition coefficient (Wildman–Crippen LogP) is 2.77. The molecular formula is C19H26N2O3S. The third-order valence-corrected chi connectivity index (χ3v) is 6.80. The number of hydrogen-bond donors (Lipinski definition) is 1. The number of fused-ring (bicyclic) bond motifs is 1. The van der Waals surface area contributed by atoms with Crippen LogP contribution >= 0.6 is 11.3 Å². The minimum absolute atomic E-state index is 0.00752. The molecule has 136 valence electrons. The Morgan fingerprint density at radius 1 is 1.16 bits per heavy atom. The molecule has 6 heteroatoms. The molecule has 4 rings (SSSR count). The van der Waals surface area contributed by atoms with Crippen LogP contribution in [0, 0.1) is 5.92 Å². The van der Waals surface area contributed by atoms with Gasteiger partial charge in [-0.3, -0.25) is 14.5 Å². The number of carbonyl (C=O) groups excluding carboxylic acids is 2. The predicted molar refractivity (Wildman–Crippen MR) is 97.3 cm³/mol. The van der Waals surface area contributed by atoms with E-state index in [0.29, 0.717) is 11.4 Å². The van der Waals surface area contributed by atoms with Crippen molar-refractivity contribution in [3.8, 4) is 5.75 Å². The fraction of sp³-hybridized carbons (Fsp3) is 0.684. The zero-order valence-corrected chi connectivity index (χ0v) is 15.6. The largest absolute Gasteiger partial charge is 0.495 e. The molecule has 1 N–H and O–H groups in total. The Hall–Kier alpha value is -1.40. The number of rotatable bonds is 4. The lowest BCUT2D eigenvalue weighted by atomic mass is 9.97. The average molecular weight is 362 g/mol. The number of methoxy groups -OCH3 is 1. The number of imide groups is 1. The van der Waals surface area contributed by atoms with Gasteiger partial charge in [0.05, 0.1) is 13.0 Å². The van der Waals surface area contributed by atoms with Gasteiger partial charge in [-0.15, -0.1) is 11.3 Å². The van der Waals surface area contributed by atoms with E-state index in [1.54, 1.807) is 23.3 Å². The molecule has 1 saturated heterocycles. The lowest BCUT2D eigenvalue weighted by Gasteiger charge is -2.28. The van der Waals surface area contributed by atoms with Crippen LogP contribution in [0.2, 0.25) is 0 Å². The third-order valence-electron chi connectivity index (χ3n) is 5.54. The second-order valence-corrected chi connectivity index (χ2v) is 8.47. The molecule has 1 aromatic rings. The monoisotopic (exact) mass is 362 g/mol. The Bertz CT molecular complexity index is 674. The van der Waals surface area contributed by atoms with Gasteiger partial charge in [0.1, 0.15) is 10.6 Å². The summed E-state index contributed by atoms with van der Waals surface area (Å²) >= 11 is 1.55. The van der Waals surface area contributed by atoms with Crippen LogP contribution in [0.4, 0.5) is 0 Å². The van der Waals surface area contributed by atoms with Crippen molar-refractivity contribution in [2.24, 2.45) is 5.92 Å². The van der Waals surface area contributed by atoms with E-state index in [2.05, 4.69) is 5.32 Å². The van der Waals surface area contributed by atoms with Crippen LogP contribution < -0.4 is 10.1 Å². The van der Waals surface area contributed by atoms with Crippen molar-refractivity contribution in [2.75, 3.05) is 20.2 Å². The van der Waals surface area contributed by atoms with Gasteiger partial charge < -0.3 is 10.1 Å². The second-order valence-electron chi connectivity index (χ2n) is 7.36. The summed E-state index contributed by atoms with van der Waals surface area (Å²) < 4.78 is 5.62. The maximum atomic E-state index is 13.3. The molecule has 1 aliphatic heterocycles. The summed E-state index contributed by atoms with van der Waals surface area (Å²) in [6.07, 6.45) is 8.06. The van der Waals surface area contributed by atoms with E-state index in [1.807, 2.05) is 0 Å². The Morgan fingerprint density at radius 2 is 1.96 bits per heavy atom. The number of amides is 2. The van der Waals surface area contributed by atoms with Gasteiger partial charge >= 0.3 is 0 Å². The van der Waals surface area contributed by atoms with E-state index >= 15 is 0 Å². The molecular weight excluding hydrogens is 336 g/mol. The number of nitrogens with one attached hydrogen (secondary N) is 1. The Balaban J connectivity index is 1.63. The van der Waals surface area contributed by atoms with E-state index in [9.17, 15) is 9.59 Å². The van der Waals surface area contributed by atoms with Gasteiger partial charge in [0, 0.05) is 23.0 Å². The summed E-state index contributed by atoms with van der Waals surface area (Å²) in [5, 5.41) is 3.29. The van der Waals surface area contributed by atoms with Crippen molar-refractivity contribution in [1.82, 2.24) is 10.2 Å². The Kier molecular flexibility index (Phi) is 4.82. The molecule has 0 radical (unpaired) electrons. The molecule has 5 nitrogen and oxygen atoms in total. The standard InChI is InChI=1S/C19H26N2O3S/c1-24-16-14-6-2-3-7-15(14)25-17(16)19(23)21(13-8-9-13)18(22)12-5-4-10-20-11-12/h12-13,20H,2-11H2,1H3. The van der Waals surface area contributed by atoms with E-state index in [-0.39, 0.29) is 23.8 Å². The molecule has 1 saturated carbocycles. The molecule has 0 aromatic carbocycles. The zero-order chi connectivity index (χ0) is 17.4. The molecule has 2 fully saturated rings.